The molecular weight excluding hydrogens is 356 g/mol. The molecule has 2 aromatic carbocycles. The first-order valence-corrected chi connectivity index (χ1v) is 7.56. The average molecular weight is 368 g/mol. The van der Waals surface area contributed by atoms with Crippen molar-refractivity contribution >= 4 is 12.6 Å². The van der Waals surface area contributed by atoms with Crippen molar-refractivity contribution in [2.24, 2.45) is 0 Å². The Morgan fingerprint density at radius 2 is 1.80 bits per heavy atom. The van der Waals surface area contributed by atoms with Crippen LogP contribution in [0.5, 0.6) is 5.75 Å². The number of alkyl halides is 2. The molecule has 0 aliphatic heterocycles. The third kappa shape index (κ3) is 3.34. The van der Waals surface area contributed by atoms with Crippen LogP contribution < -0.4 is 4.74 Å². The molecule has 0 fully saturated rings. The molecule has 8 heteroatoms. The fourth-order valence-electron chi connectivity index (χ4n) is 2.36. The Hall–Kier alpha value is -2.48. The molecule has 0 bridgehead atoms. The monoisotopic (exact) mass is 368 g/mol. The Morgan fingerprint density at radius 1 is 1.04 bits per heavy atom. The highest BCUT2D eigenvalue weighted by atomic mass is 32.1. The summed E-state index contributed by atoms with van der Waals surface area (Å²) in [5.41, 5.74) is 0.214. The summed E-state index contributed by atoms with van der Waals surface area (Å²) in [5.74, 6) is -1.25. The maximum Gasteiger partial charge on any atom is 0.282 e. The number of hydrogen-bond donors (Lipinski definition) is 1. The van der Waals surface area contributed by atoms with Crippen LogP contribution in [0.15, 0.2) is 47.4 Å². The van der Waals surface area contributed by atoms with Crippen molar-refractivity contribution in [2.45, 2.75) is 11.3 Å². The van der Waals surface area contributed by atoms with Gasteiger partial charge in [-0.2, -0.15) is 5.10 Å². The van der Waals surface area contributed by atoms with E-state index in [-0.39, 0.29) is 22.0 Å². The van der Waals surface area contributed by atoms with Crippen LogP contribution in [0.4, 0.5) is 17.6 Å². The van der Waals surface area contributed by atoms with E-state index in [4.69, 9.17) is 4.74 Å². The first kappa shape index (κ1) is 17.3. The minimum atomic E-state index is -2.82. The molecule has 0 spiro atoms. The van der Waals surface area contributed by atoms with Crippen molar-refractivity contribution in [3.05, 3.63) is 59.8 Å². The van der Waals surface area contributed by atoms with Gasteiger partial charge in [0.15, 0.2) is 11.6 Å². The molecule has 1 aromatic heterocycles. The lowest BCUT2D eigenvalue weighted by atomic mass is 10.1. The van der Waals surface area contributed by atoms with E-state index >= 15 is 0 Å². The van der Waals surface area contributed by atoms with E-state index in [1.54, 1.807) is 0 Å². The lowest BCUT2D eigenvalue weighted by molar-refractivity contribution is 0.145. The maximum absolute atomic E-state index is 14.0. The van der Waals surface area contributed by atoms with Crippen molar-refractivity contribution in [1.29, 1.82) is 0 Å². The van der Waals surface area contributed by atoms with Crippen LogP contribution in [0.2, 0.25) is 0 Å². The van der Waals surface area contributed by atoms with Crippen LogP contribution in [0.3, 0.4) is 0 Å². The number of aromatic nitrogens is 2. The molecule has 0 unspecified atom stereocenters. The summed E-state index contributed by atoms with van der Waals surface area (Å²) in [6.45, 7) is 0. The average Bonchev–Trinajstić information content (AvgIpc) is 3.03. The Labute approximate surface area is 146 Å². The molecule has 0 saturated carbocycles. The second-order valence-corrected chi connectivity index (χ2v) is 5.63. The van der Waals surface area contributed by atoms with Crippen molar-refractivity contribution < 1.29 is 22.3 Å². The fourth-order valence-corrected chi connectivity index (χ4v) is 2.50. The maximum atomic E-state index is 14.0. The predicted molar refractivity (Wildman–Crippen MR) is 87.7 cm³/mol. The first-order chi connectivity index (χ1) is 11.9. The van der Waals surface area contributed by atoms with Crippen LogP contribution in [-0.2, 0) is 0 Å². The van der Waals surface area contributed by atoms with E-state index < -0.39 is 23.8 Å². The van der Waals surface area contributed by atoms with Gasteiger partial charge in [-0.15, -0.1) is 12.6 Å². The standard InChI is InChI=1S/C17H12F4N2OS/c1-24-15-4-2-9(6-11(15)18)14-8-13(17(20)21)22-23(14)10-3-5-16(25)12(19)7-10/h2-8,17,25H,1H3. The van der Waals surface area contributed by atoms with Crippen LogP contribution in [0.25, 0.3) is 16.9 Å². The topological polar surface area (TPSA) is 27.1 Å². The lowest BCUT2D eigenvalue weighted by Gasteiger charge is -2.10. The number of hydrogen-bond acceptors (Lipinski definition) is 3. The summed E-state index contributed by atoms with van der Waals surface area (Å²) in [7, 11) is 1.32. The zero-order chi connectivity index (χ0) is 18.1. The molecule has 0 aliphatic carbocycles. The van der Waals surface area contributed by atoms with Crippen molar-refractivity contribution in [2.75, 3.05) is 7.11 Å². The molecule has 0 saturated heterocycles. The molecule has 3 nitrogen and oxygen atoms in total. The molecule has 0 atom stereocenters. The Kier molecular flexibility index (Phi) is 4.71. The molecule has 0 aliphatic rings. The summed E-state index contributed by atoms with van der Waals surface area (Å²) in [6, 6.07) is 9.15. The second kappa shape index (κ2) is 6.79. The highest BCUT2D eigenvalue weighted by Crippen LogP contribution is 2.31. The highest BCUT2D eigenvalue weighted by molar-refractivity contribution is 7.80. The SMILES string of the molecule is COc1ccc(-c2cc(C(F)F)nn2-c2ccc(S)c(F)c2)cc1F. The largest absolute Gasteiger partial charge is 0.494 e. The molecule has 3 rings (SSSR count). The molecule has 3 aromatic rings. The zero-order valence-corrected chi connectivity index (χ0v) is 13.8. The number of rotatable bonds is 4. The fraction of sp³-hybridized carbons (Fsp3) is 0.118. The van der Waals surface area contributed by atoms with Crippen LogP contribution in [0.1, 0.15) is 12.1 Å². The van der Waals surface area contributed by atoms with Gasteiger partial charge in [0.05, 0.1) is 18.5 Å². The molecule has 0 N–H and O–H groups in total. The number of nitrogens with zero attached hydrogens (tertiary/aromatic N) is 2. The third-order valence-electron chi connectivity index (χ3n) is 3.58. The molecule has 1 heterocycles. The van der Waals surface area contributed by atoms with Crippen LogP contribution in [-0.4, -0.2) is 16.9 Å². The van der Waals surface area contributed by atoms with Gasteiger partial charge >= 0.3 is 0 Å². The molecular formula is C17H12F4N2OS. The van der Waals surface area contributed by atoms with Gasteiger partial charge in [-0.25, -0.2) is 22.2 Å². The molecule has 25 heavy (non-hydrogen) atoms. The van der Waals surface area contributed by atoms with E-state index in [0.29, 0.717) is 5.56 Å². The van der Waals surface area contributed by atoms with Gasteiger partial charge in [-0.3, -0.25) is 0 Å². The number of benzene rings is 2. The van der Waals surface area contributed by atoms with Gasteiger partial charge in [0.1, 0.15) is 11.5 Å². The Bertz CT molecular complexity index is 927. The number of thiol groups is 1. The third-order valence-corrected chi connectivity index (χ3v) is 3.94. The van der Waals surface area contributed by atoms with E-state index in [1.165, 1.54) is 31.4 Å². The summed E-state index contributed by atoms with van der Waals surface area (Å²) in [6.07, 6.45) is -2.82. The van der Waals surface area contributed by atoms with Gasteiger partial charge in [0, 0.05) is 16.5 Å². The first-order valence-electron chi connectivity index (χ1n) is 7.11. The molecule has 130 valence electrons. The van der Waals surface area contributed by atoms with Gasteiger partial charge < -0.3 is 4.74 Å². The predicted octanol–water partition coefficient (Wildman–Crippen LogP) is 5.05. The van der Waals surface area contributed by atoms with Gasteiger partial charge in [-0.1, -0.05) is 0 Å². The van der Waals surface area contributed by atoms with Crippen molar-refractivity contribution in [3.8, 4) is 22.7 Å². The quantitative estimate of drug-likeness (QED) is 0.515. The number of ether oxygens (including phenoxy) is 1. The van der Waals surface area contributed by atoms with Crippen molar-refractivity contribution in [1.82, 2.24) is 9.78 Å². The summed E-state index contributed by atoms with van der Waals surface area (Å²) in [5, 5.41) is 3.82. The Morgan fingerprint density at radius 3 is 2.40 bits per heavy atom. The number of methoxy groups -OCH3 is 1. The smallest absolute Gasteiger partial charge is 0.282 e. The van der Waals surface area contributed by atoms with Crippen molar-refractivity contribution in [3.63, 3.8) is 0 Å². The van der Waals surface area contributed by atoms with E-state index in [9.17, 15) is 17.6 Å². The van der Waals surface area contributed by atoms with Gasteiger partial charge in [0.2, 0.25) is 0 Å². The van der Waals surface area contributed by atoms with Gasteiger partial charge in [0.25, 0.3) is 6.43 Å². The normalized spacial score (nSPS) is 11.2. The lowest BCUT2D eigenvalue weighted by Crippen LogP contribution is -2.01. The van der Waals surface area contributed by atoms with Crippen LogP contribution >= 0.6 is 12.6 Å². The second-order valence-electron chi connectivity index (χ2n) is 5.15. The van der Waals surface area contributed by atoms with E-state index in [1.807, 2.05) is 0 Å². The minimum Gasteiger partial charge on any atom is -0.494 e. The number of halogens is 4. The molecule has 0 radical (unpaired) electrons. The highest BCUT2D eigenvalue weighted by Gasteiger charge is 2.19. The summed E-state index contributed by atoms with van der Waals surface area (Å²) in [4.78, 5) is 0.113. The summed E-state index contributed by atoms with van der Waals surface area (Å²) >= 11 is 3.94. The van der Waals surface area contributed by atoms with Crippen LogP contribution in [0, 0.1) is 11.6 Å². The minimum absolute atomic E-state index is 0.0226. The van der Waals surface area contributed by atoms with Gasteiger partial charge in [-0.05, 0) is 36.4 Å². The summed E-state index contributed by atoms with van der Waals surface area (Å²) < 4.78 is 59.9. The molecule has 0 amide bonds. The van der Waals surface area contributed by atoms with E-state index in [0.717, 1.165) is 22.9 Å². The van der Waals surface area contributed by atoms with E-state index in [2.05, 4.69) is 17.7 Å². The Balaban J connectivity index is 2.18. The zero-order valence-electron chi connectivity index (χ0n) is 12.9.